The summed E-state index contributed by atoms with van der Waals surface area (Å²) in [6.07, 6.45) is 0. The second kappa shape index (κ2) is 5.59. The highest BCUT2D eigenvalue weighted by atomic mass is 16.5. The Morgan fingerprint density at radius 3 is 2.56 bits per heavy atom. The predicted molar refractivity (Wildman–Crippen MR) is 56.7 cm³/mol. The summed E-state index contributed by atoms with van der Waals surface area (Å²) in [4.78, 5) is 11.1. The van der Waals surface area contributed by atoms with Crippen molar-refractivity contribution >= 4 is 11.8 Å². The molecule has 1 aromatic carbocycles. The van der Waals surface area contributed by atoms with E-state index in [2.05, 4.69) is 9.89 Å². The maximum Gasteiger partial charge on any atom is 0.337 e. The van der Waals surface area contributed by atoms with Crippen LogP contribution < -0.4 is 10.5 Å². The van der Waals surface area contributed by atoms with Crippen LogP contribution in [0.2, 0.25) is 0 Å². The first-order valence-corrected chi connectivity index (χ1v) is 4.45. The Morgan fingerprint density at radius 2 is 2.06 bits per heavy atom. The molecule has 0 spiro atoms. The molecule has 0 amide bonds. The number of esters is 1. The van der Waals surface area contributed by atoms with Gasteiger partial charge in [0.25, 0.3) is 0 Å². The van der Waals surface area contributed by atoms with Crippen LogP contribution in [0.5, 0.6) is 5.75 Å². The van der Waals surface area contributed by atoms with Crippen LogP contribution in [0.3, 0.4) is 0 Å². The Labute approximate surface area is 92.3 Å². The van der Waals surface area contributed by atoms with Gasteiger partial charge in [0.15, 0.2) is 5.84 Å². The number of amidine groups is 1. The Bertz CT molecular complexity index is 386. The van der Waals surface area contributed by atoms with E-state index in [4.69, 9.17) is 15.7 Å². The zero-order valence-corrected chi connectivity index (χ0v) is 8.71. The maximum absolute atomic E-state index is 11.1. The van der Waals surface area contributed by atoms with E-state index in [1.165, 1.54) is 7.11 Å². The minimum atomic E-state index is -0.414. The van der Waals surface area contributed by atoms with E-state index < -0.39 is 5.97 Å². The second-order valence-electron chi connectivity index (χ2n) is 2.90. The average Bonchev–Trinajstić information content (AvgIpc) is 2.35. The van der Waals surface area contributed by atoms with Crippen molar-refractivity contribution in [1.82, 2.24) is 0 Å². The molecule has 0 aliphatic carbocycles. The first-order chi connectivity index (χ1) is 7.67. The third kappa shape index (κ3) is 3.16. The summed E-state index contributed by atoms with van der Waals surface area (Å²) in [5.74, 6) is 0.0688. The first kappa shape index (κ1) is 11.8. The van der Waals surface area contributed by atoms with Gasteiger partial charge in [-0.15, -0.1) is 0 Å². The van der Waals surface area contributed by atoms with Gasteiger partial charge in [0.2, 0.25) is 0 Å². The standard InChI is InChI=1S/C10H12N2O4/c1-15-10(13)7-2-4-8(5-3-7)16-6-9(11)12-14/h2-5,14H,6H2,1H3,(H2,11,12). The summed E-state index contributed by atoms with van der Waals surface area (Å²) in [7, 11) is 1.31. The van der Waals surface area contributed by atoms with Crippen molar-refractivity contribution in [1.29, 1.82) is 0 Å². The van der Waals surface area contributed by atoms with Crippen molar-refractivity contribution < 1.29 is 19.5 Å². The van der Waals surface area contributed by atoms with Crippen molar-refractivity contribution in [2.24, 2.45) is 10.9 Å². The molecule has 0 atom stereocenters. The Kier molecular flexibility index (Phi) is 4.14. The molecule has 0 saturated heterocycles. The molecule has 3 N–H and O–H groups in total. The van der Waals surface area contributed by atoms with Crippen LogP contribution >= 0.6 is 0 Å². The number of nitrogens with zero attached hydrogens (tertiary/aromatic N) is 1. The number of rotatable bonds is 4. The van der Waals surface area contributed by atoms with Gasteiger partial charge in [-0.3, -0.25) is 0 Å². The molecule has 86 valence electrons. The van der Waals surface area contributed by atoms with E-state index in [1.807, 2.05) is 0 Å². The fraction of sp³-hybridized carbons (Fsp3) is 0.200. The number of nitrogens with two attached hydrogens (primary N) is 1. The van der Waals surface area contributed by atoms with Crippen LogP contribution in [0.15, 0.2) is 29.4 Å². The lowest BCUT2D eigenvalue weighted by molar-refractivity contribution is 0.0600. The normalized spacial score (nSPS) is 10.9. The van der Waals surface area contributed by atoms with E-state index >= 15 is 0 Å². The number of carbonyl (C=O) groups excluding carboxylic acids is 1. The van der Waals surface area contributed by atoms with Gasteiger partial charge in [0, 0.05) is 0 Å². The Morgan fingerprint density at radius 1 is 1.44 bits per heavy atom. The number of oxime groups is 1. The van der Waals surface area contributed by atoms with Gasteiger partial charge in [-0.05, 0) is 24.3 Å². The van der Waals surface area contributed by atoms with Gasteiger partial charge in [-0.2, -0.15) is 0 Å². The summed E-state index contributed by atoms with van der Waals surface area (Å²) in [6.45, 7) is -0.0198. The quantitative estimate of drug-likeness (QED) is 0.257. The number of methoxy groups -OCH3 is 1. The van der Waals surface area contributed by atoms with Crippen LogP contribution in [-0.2, 0) is 4.74 Å². The molecule has 0 saturated carbocycles. The fourth-order valence-corrected chi connectivity index (χ4v) is 0.991. The van der Waals surface area contributed by atoms with Crippen molar-refractivity contribution in [2.75, 3.05) is 13.7 Å². The molecule has 1 aromatic rings. The lowest BCUT2D eigenvalue weighted by Crippen LogP contribution is -2.20. The third-order valence-electron chi connectivity index (χ3n) is 1.79. The van der Waals surface area contributed by atoms with Crippen molar-refractivity contribution in [3.05, 3.63) is 29.8 Å². The fourth-order valence-electron chi connectivity index (χ4n) is 0.991. The van der Waals surface area contributed by atoms with Gasteiger partial charge >= 0.3 is 5.97 Å². The zero-order chi connectivity index (χ0) is 12.0. The summed E-state index contributed by atoms with van der Waals surface area (Å²) in [5, 5.41) is 11.0. The number of hydrogen-bond donors (Lipinski definition) is 2. The molecular formula is C10H12N2O4. The van der Waals surface area contributed by atoms with Gasteiger partial charge in [-0.25, -0.2) is 4.79 Å². The summed E-state index contributed by atoms with van der Waals surface area (Å²) >= 11 is 0. The lowest BCUT2D eigenvalue weighted by atomic mass is 10.2. The lowest BCUT2D eigenvalue weighted by Gasteiger charge is -2.05. The van der Waals surface area contributed by atoms with E-state index in [0.717, 1.165) is 0 Å². The summed E-state index contributed by atoms with van der Waals surface area (Å²) in [6, 6.07) is 6.31. The van der Waals surface area contributed by atoms with E-state index in [1.54, 1.807) is 24.3 Å². The number of benzene rings is 1. The minimum Gasteiger partial charge on any atom is -0.486 e. The smallest absolute Gasteiger partial charge is 0.337 e. The van der Waals surface area contributed by atoms with Crippen molar-refractivity contribution in [3.63, 3.8) is 0 Å². The molecule has 6 heteroatoms. The summed E-state index contributed by atoms with van der Waals surface area (Å²) in [5.41, 5.74) is 5.65. The van der Waals surface area contributed by atoms with Gasteiger partial charge in [0.05, 0.1) is 12.7 Å². The van der Waals surface area contributed by atoms with Gasteiger partial charge in [0.1, 0.15) is 12.4 Å². The molecule has 0 aliphatic heterocycles. The van der Waals surface area contributed by atoms with Gasteiger partial charge < -0.3 is 20.4 Å². The van der Waals surface area contributed by atoms with E-state index in [-0.39, 0.29) is 12.4 Å². The molecule has 16 heavy (non-hydrogen) atoms. The Hall–Kier alpha value is -2.24. The van der Waals surface area contributed by atoms with Gasteiger partial charge in [-0.1, -0.05) is 5.16 Å². The molecule has 0 radical (unpaired) electrons. The molecule has 0 unspecified atom stereocenters. The molecule has 0 aliphatic rings. The highest BCUT2D eigenvalue weighted by Crippen LogP contribution is 2.12. The zero-order valence-electron chi connectivity index (χ0n) is 8.71. The van der Waals surface area contributed by atoms with Crippen LogP contribution in [0.25, 0.3) is 0 Å². The molecule has 0 heterocycles. The monoisotopic (exact) mass is 224 g/mol. The van der Waals surface area contributed by atoms with Crippen LogP contribution in [-0.4, -0.2) is 30.7 Å². The van der Waals surface area contributed by atoms with Crippen LogP contribution in [0.4, 0.5) is 0 Å². The topological polar surface area (TPSA) is 94.1 Å². The van der Waals surface area contributed by atoms with Crippen LogP contribution in [0.1, 0.15) is 10.4 Å². The van der Waals surface area contributed by atoms with Crippen molar-refractivity contribution in [2.45, 2.75) is 0 Å². The number of hydrogen-bond acceptors (Lipinski definition) is 5. The minimum absolute atomic E-state index is 0.0198. The molecule has 6 nitrogen and oxygen atoms in total. The molecule has 0 aromatic heterocycles. The molecule has 1 rings (SSSR count). The maximum atomic E-state index is 11.1. The van der Waals surface area contributed by atoms with E-state index in [0.29, 0.717) is 11.3 Å². The average molecular weight is 224 g/mol. The molecular weight excluding hydrogens is 212 g/mol. The first-order valence-electron chi connectivity index (χ1n) is 4.45. The molecule has 0 fully saturated rings. The molecule has 0 bridgehead atoms. The number of carbonyl (C=O) groups is 1. The largest absolute Gasteiger partial charge is 0.486 e. The summed E-state index contributed by atoms with van der Waals surface area (Å²) < 4.78 is 9.70. The van der Waals surface area contributed by atoms with Crippen LogP contribution in [0, 0.1) is 0 Å². The predicted octanol–water partition coefficient (Wildman–Crippen LogP) is 0.598. The highest BCUT2D eigenvalue weighted by Gasteiger charge is 2.04. The third-order valence-corrected chi connectivity index (χ3v) is 1.79. The van der Waals surface area contributed by atoms with Crippen molar-refractivity contribution in [3.8, 4) is 5.75 Å². The SMILES string of the molecule is COC(=O)c1ccc(OC/C(N)=N/O)cc1. The Balaban J connectivity index is 2.61. The number of ether oxygens (including phenoxy) is 2. The van der Waals surface area contributed by atoms with E-state index in [9.17, 15) is 4.79 Å². The highest BCUT2D eigenvalue weighted by molar-refractivity contribution is 5.89. The second-order valence-corrected chi connectivity index (χ2v) is 2.90.